The molecule has 0 fully saturated rings. The van der Waals surface area contributed by atoms with Crippen molar-refractivity contribution in [2.45, 2.75) is 52.5 Å². The van der Waals surface area contributed by atoms with Crippen molar-refractivity contribution in [2.75, 3.05) is 19.8 Å². The van der Waals surface area contributed by atoms with Crippen LogP contribution in [-0.4, -0.2) is 35.2 Å². The second kappa shape index (κ2) is 12.9. The van der Waals surface area contributed by atoms with Gasteiger partial charge in [-0.25, -0.2) is 4.98 Å². The number of hydrogen-bond donors (Lipinski definition) is 1. The van der Waals surface area contributed by atoms with Gasteiger partial charge in [0.1, 0.15) is 17.3 Å². The quantitative estimate of drug-likeness (QED) is 0.227. The average molecular weight is 500 g/mol. The van der Waals surface area contributed by atoms with Gasteiger partial charge in [0.2, 0.25) is 0 Å². The number of amides is 1. The fraction of sp³-hybridized carbons (Fsp3) is 0.355. The minimum absolute atomic E-state index is 0.000107. The summed E-state index contributed by atoms with van der Waals surface area (Å²) >= 11 is 0. The topological polar surface area (TPSA) is 65.4 Å². The Balaban J connectivity index is 1.29. The molecular formula is C31H37N3O3. The Morgan fingerprint density at radius 1 is 0.973 bits per heavy atom. The molecule has 1 amide bonds. The highest BCUT2D eigenvalue weighted by molar-refractivity contribution is 5.77. The maximum absolute atomic E-state index is 12.2. The summed E-state index contributed by atoms with van der Waals surface area (Å²) in [7, 11) is 0. The molecule has 0 spiro atoms. The Kier molecular flexibility index (Phi) is 9.19. The molecule has 0 aliphatic carbocycles. The van der Waals surface area contributed by atoms with E-state index in [4.69, 9.17) is 14.5 Å². The number of rotatable bonds is 13. The molecule has 0 bridgehead atoms. The molecule has 194 valence electrons. The van der Waals surface area contributed by atoms with E-state index in [1.54, 1.807) is 0 Å². The Morgan fingerprint density at radius 3 is 2.57 bits per heavy atom. The van der Waals surface area contributed by atoms with Crippen LogP contribution in [0.3, 0.4) is 0 Å². The number of aryl methyl sites for hydroxylation is 2. The molecule has 37 heavy (non-hydrogen) atoms. The van der Waals surface area contributed by atoms with E-state index in [2.05, 4.69) is 54.9 Å². The van der Waals surface area contributed by atoms with Crippen molar-refractivity contribution in [1.29, 1.82) is 0 Å². The first-order chi connectivity index (χ1) is 18.0. The molecule has 0 atom stereocenters. The van der Waals surface area contributed by atoms with Gasteiger partial charge in [0.25, 0.3) is 5.91 Å². The standard InChI is InChI=1S/C31H37N3O3/c1-23(2)26-16-15-24(3)21-29(26)36-20-10-9-19-34-28-14-8-7-13-27(28)33-30(34)17-18-32-31(35)22-37-25-11-5-4-6-12-25/h4-8,11-16,21,23H,9-10,17-20,22H2,1-3H3,(H,32,35). The smallest absolute Gasteiger partial charge is 0.257 e. The lowest BCUT2D eigenvalue weighted by Crippen LogP contribution is -2.31. The lowest BCUT2D eigenvalue weighted by molar-refractivity contribution is -0.123. The zero-order chi connectivity index (χ0) is 26.0. The highest BCUT2D eigenvalue weighted by Crippen LogP contribution is 2.27. The number of aromatic nitrogens is 2. The molecule has 1 heterocycles. The number of carbonyl (C=O) groups excluding carboxylic acids is 1. The van der Waals surface area contributed by atoms with E-state index < -0.39 is 0 Å². The molecule has 0 radical (unpaired) electrons. The third kappa shape index (κ3) is 7.35. The fourth-order valence-corrected chi connectivity index (χ4v) is 4.39. The summed E-state index contributed by atoms with van der Waals surface area (Å²) in [5.41, 5.74) is 4.57. The summed E-state index contributed by atoms with van der Waals surface area (Å²) in [6.07, 6.45) is 2.59. The molecule has 6 nitrogen and oxygen atoms in total. The third-order valence-corrected chi connectivity index (χ3v) is 6.34. The van der Waals surface area contributed by atoms with Gasteiger partial charge >= 0.3 is 0 Å². The molecule has 4 rings (SSSR count). The van der Waals surface area contributed by atoms with Crippen molar-refractivity contribution >= 4 is 16.9 Å². The maximum atomic E-state index is 12.2. The Morgan fingerprint density at radius 2 is 1.76 bits per heavy atom. The van der Waals surface area contributed by atoms with E-state index in [1.165, 1.54) is 11.1 Å². The van der Waals surface area contributed by atoms with E-state index in [0.717, 1.165) is 42.0 Å². The van der Waals surface area contributed by atoms with E-state index in [1.807, 2.05) is 48.5 Å². The minimum atomic E-state index is -0.138. The zero-order valence-corrected chi connectivity index (χ0v) is 22.1. The number of nitrogens with zero attached hydrogens (tertiary/aromatic N) is 2. The molecule has 1 N–H and O–H groups in total. The van der Waals surface area contributed by atoms with Crippen LogP contribution in [0.4, 0.5) is 0 Å². The third-order valence-electron chi connectivity index (χ3n) is 6.34. The number of unbranched alkanes of at least 4 members (excludes halogenated alkanes) is 1. The number of carbonyl (C=O) groups is 1. The maximum Gasteiger partial charge on any atom is 0.257 e. The Bertz CT molecular complexity index is 1300. The molecule has 0 aliphatic heterocycles. The van der Waals surface area contributed by atoms with Crippen LogP contribution in [0.5, 0.6) is 11.5 Å². The normalized spacial score (nSPS) is 11.1. The van der Waals surface area contributed by atoms with Crippen molar-refractivity contribution in [3.63, 3.8) is 0 Å². The van der Waals surface area contributed by atoms with E-state index in [9.17, 15) is 4.79 Å². The van der Waals surface area contributed by atoms with Crippen LogP contribution in [0.1, 0.15) is 49.6 Å². The lowest BCUT2D eigenvalue weighted by Gasteiger charge is -2.15. The molecule has 1 aromatic heterocycles. The van der Waals surface area contributed by atoms with Crippen molar-refractivity contribution < 1.29 is 14.3 Å². The summed E-state index contributed by atoms with van der Waals surface area (Å²) < 4.78 is 14.0. The van der Waals surface area contributed by atoms with Gasteiger partial charge in [0.05, 0.1) is 17.6 Å². The van der Waals surface area contributed by atoms with Gasteiger partial charge in [0.15, 0.2) is 6.61 Å². The number of ether oxygens (including phenoxy) is 2. The molecule has 0 saturated heterocycles. The summed E-state index contributed by atoms with van der Waals surface area (Å²) in [5, 5.41) is 2.95. The first-order valence-electron chi connectivity index (χ1n) is 13.1. The van der Waals surface area contributed by atoms with Gasteiger partial charge in [-0.05, 0) is 67.1 Å². The first-order valence-corrected chi connectivity index (χ1v) is 13.1. The van der Waals surface area contributed by atoms with E-state index in [-0.39, 0.29) is 12.5 Å². The Hall–Kier alpha value is -3.80. The Labute approximate surface area is 219 Å². The summed E-state index contributed by atoms with van der Waals surface area (Å²) in [4.78, 5) is 17.1. The van der Waals surface area contributed by atoms with Crippen LogP contribution in [-0.2, 0) is 17.8 Å². The van der Waals surface area contributed by atoms with Crippen molar-refractivity contribution in [2.24, 2.45) is 0 Å². The number of nitrogens with one attached hydrogen (secondary N) is 1. The molecule has 0 saturated carbocycles. The van der Waals surface area contributed by atoms with Crippen LogP contribution in [0.25, 0.3) is 11.0 Å². The zero-order valence-electron chi connectivity index (χ0n) is 22.1. The van der Waals surface area contributed by atoms with Gasteiger partial charge in [-0.3, -0.25) is 4.79 Å². The number of hydrogen-bond acceptors (Lipinski definition) is 4. The second-order valence-electron chi connectivity index (χ2n) is 9.62. The second-order valence-corrected chi connectivity index (χ2v) is 9.62. The number of imidazole rings is 1. The lowest BCUT2D eigenvalue weighted by atomic mass is 10.0. The van der Waals surface area contributed by atoms with Gasteiger partial charge in [-0.15, -0.1) is 0 Å². The highest BCUT2D eigenvalue weighted by Gasteiger charge is 2.12. The SMILES string of the molecule is Cc1ccc(C(C)C)c(OCCCCn2c(CCNC(=O)COc3ccccc3)nc3ccccc32)c1. The van der Waals surface area contributed by atoms with Crippen molar-refractivity contribution in [3.05, 3.63) is 89.7 Å². The number of para-hydroxylation sites is 3. The predicted molar refractivity (Wildman–Crippen MR) is 148 cm³/mol. The monoisotopic (exact) mass is 499 g/mol. The summed E-state index contributed by atoms with van der Waals surface area (Å²) in [5.74, 6) is 2.95. The summed E-state index contributed by atoms with van der Waals surface area (Å²) in [6.45, 7) is 8.54. The number of fused-ring (bicyclic) bond motifs is 1. The predicted octanol–water partition coefficient (Wildman–Crippen LogP) is 6.07. The fourth-order valence-electron chi connectivity index (χ4n) is 4.39. The highest BCUT2D eigenvalue weighted by atomic mass is 16.5. The van der Waals surface area contributed by atoms with Crippen LogP contribution in [0, 0.1) is 6.92 Å². The molecule has 3 aromatic carbocycles. The van der Waals surface area contributed by atoms with E-state index >= 15 is 0 Å². The molecule has 4 aromatic rings. The summed E-state index contributed by atoms with van der Waals surface area (Å²) in [6, 6.07) is 24.0. The molecule has 0 aliphatic rings. The molecular weight excluding hydrogens is 462 g/mol. The van der Waals surface area contributed by atoms with Gasteiger partial charge in [0, 0.05) is 19.5 Å². The van der Waals surface area contributed by atoms with Crippen LogP contribution in [0.15, 0.2) is 72.8 Å². The van der Waals surface area contributed by atoms with Crippen molar-refractivity contribution in [1.82, 2.24) is 14.9 Å². The van der Waals surface area contributed by atoms with E-state index in [0.29, 0.717) is 31.2 Å². The van der Waals surface area contributed by atoms with Gasteiger partial charge < -0.3 is 19.4 Å². The van der Waals surface area contributed by atoms with Crippen molar-refractivity contribution in [3.8, 4) is 11.5 Å². The molecule has 6 heteroatoms. The first kappa shape index (κ1) is 26.3. The number of benzene rings is 3. The van der Waals surface area contributed by atoms with Crippen LogP contribution >= 0.6 is 0 Å². The largest absolute Gasteiger partial charge is 0.493 e. The van der Waals surface area contributed by atoms with Crippen LogP contribution < -0.4 is 14.8 Å². The minimum Gasteiger partial charge on any atom is -0.493 e. The van der Waals surface area contributed by atoms with Gasteiger partial charge in [-0.1, -0.05) is 56.3 Å². The average Bonchev–Trinajstić information content (AvgIpc) is 3.25. The molecule has 0 unspecified atom stereocenters. The van der Waals surface area contributed by atoms with Crippen LogP contribution in [0.2, 0.25) is 0 Å². The van der Waals surface area contributed by atoms with Gasteiger partial charge in [-0.2, -0.15) is 0 Å².